The van der Waals surface area contributed by atoms with Crippen molar-refractivity contribution in [2.75, 3.05) is 32.1 Å². The Morgan fingerprint density at radius 1 is 1.18 bits per heavy atom. The minimum atomic E-state index is -3.84. The van der Waals surface area contributed by atoms with Gasteiger partial charge in [-0.2, -0.15) is 4.31 Å². The maximum atomic E-state index is 12.7. The molecule has 0 radical (unpaired) electrons. The van der Waals surface area contributed by atoms with Crippen molar-refractivity contribution in [1.82, 2.24) is 4.31 Å². The van der Waals surface area contributed by atoms with Crippen molar-refractivity contribution < 1.29 is 37.5 Å². The van der Waals surface area contributed by atoms with E-state index in [1.54, 1.807) is 0 Å². The summed E-state index contributed by atoms with van der Waals surface area (Å²) in [5.41, 5.74) is -0.714. The predicted molar refractivity (Wildman–Crippen MR) is 115 cm³/mol. The van der Waals surface area contributed by atoms with Crippen molar-refractivity contribution in [3.05, 3.63) is 52.1 Å². The van der Waals surface area contributed by atoms with Gasteiger partial charge in [-0.25, -0.2) is 13.2 Å². The molecule has 0 bridgehead atoms. The van der Waals surface area contributed by atoms with E-state index in [9.17, 15) is 33.2 Å². The zero-order valence-electron chi connectivity index (χ0n) is 17.5. The number of nitro benzene ring substituents is 1. The number of nitro groups is 1. The molecule has 1 heterocycles. The summed E-state index contributed by atoms with van der Waals surface area (Å²) in [5.74, 6) is -2.31. The van der Waals surface area contributed by atoms with Crippen molar-refractivity contribution in [2.24, 2.45) is 0 Å². The van der Waals surface area contributed by atoms with Crippen LogP contribution in [-0.2, 0) is 19.6 Å². The van der Waals surface area contributed by atoms with Gasteiger partial charge in [0.15, 0.2) is 6.61 Å². The van der Waals surface area contributed by atoms with Gasteiger partial charge in [-0.3, -0.25) is 14.9 Å². The predicted octanol–water partition coefficient (Wildman–Crippen LogP) is 1.89. The molecule has 12 nitrogen and oxygen atoms in total. The lowest BCUT2D eigenvalue weighted by Crippen LogP contribution is -2.28. The van der Waals surface area contributed by atoms with Crippen molar-refractivity contribution in [3.63, 3.8) is 0 Å². The zero-order chi connectivity index (χ0) is 24.2. The number of nitrogens with zero attached hydrogens (tertiary/aromatic N) is 2. The summed E-state index contributed by atoms with van der Waals surface area (Å²) in [5, 5.41) is 23.3. The number of methoxy groups -OCH3 is 1. The van der Waals surface area contributed by atoms with E-state index in [0.29, 0.717) is 13.1 Å². The summed E-state index contributed by atoms with van der Waals surface area (Å²) < 4.78 is 36.6. The lowest BCUT2D eigenvalue weighted by molar-refractivity contribution is -0.384. The van der Waals surface area contributed by atoms with Gasteiger partial charge in [0, 0.05) is 25.2 Å². The Labute approximate surface area is 188 Å². The first-order valence-electron chi connectivity index (χ1n) is 9.76. The minimum absolute atomic E-state index is 0.00528. The number of ether oxygens (including phenoxy) is 2. The molecule has 2 N–H and O–H groups in total. The Bertz CT molecular complexity index is 1190. The topological polar surface area (TPSA) is 165 Å². The number of amides is 1. The fourth-order valence-corrected chi connectivity index (χ4v) is 4.76. The van der Waals surface area contributed by atoms with Crippen LogP contribution in [0.15, 0.2) is 41.3 Å². The van der Waals surface area contributed by atoms with E-state index in [-0.39, 0.29) is 22.0 Å². The fourth-order valence-electron chi connectivity index (χ4n) is 3.22. The number of hydrogen-bond donors (Lipinski definition) is 2. The summed E-state index contributed by atoms with van der Waals surface area (Å²) in [6.07, 6.45) is 1.47. The quantitative estimate of drug-likeness (QED) is 0.326. The molecule has 1 saturated heterocycles. The molecule has 0 unspecified atom stereocenters. The lowest BCUT2D eigenvalue weighted by Gasteiger charge is -2.16. The lowest BCUT2D eigenvalue weighted by atomic mass is 10.2. The number of aromatic hydroxyl groups is 1. The van der Waals surface area contributed by atoms with Crippen LogP contribution in [-0.4, -0.2) is 61.4 Å². The molecule has 0 aliphatic carbocycles. The maximum Gasteiger partial charge on any atom is 0.342 e. The molecule has 2 aromatic rings. The SMILES string of the molecule is COc1ccc([N+](=O)[O-])cc1NC(=O)COC(=O)c1cc(S(=O)(=O)N2CCCC2)ccc1O. The summed E-state index contributed by atoms with van der Waals surface area (Å²) in [7, 11) is -2.53. The molecule has 1 fully saturated rings. The highest BCUT2D eigenvalue weighted by Crippen LogP contribution is 2.29. The van der Waals surface area contributed by atoms with Crippen LogP contribution in [0.25, 0.3) is 0 Å². The first-order chi connectivity index (χ1) is 15.6. The second-order valence-corrected chi connectivity index (χ2v) is 8.99. The third kappa shape index (κ3) is 5.38. The Balaban J connectivity index is 1.70. The number of phenols is 1. The molecule has 0 aromatic heterocycles. The van der Waals surface area contributed by atoms with Crippen LogP contribution in [0.1, 0.15) is 23.2 Å². The summed E-state index contributed by atoms with van der Waals surface area (Å²) in [6, 6.07) is 6.81. The first-order valence-corrected chi connectivity index (χ1v) is 11.2. The largest absolute Gasteiger partial charge is 0.507 e. The number of non-ortho nitro benzene ring substituents is 1. The van der Waals surface area contributed by atoms with Crippen LogP contribution in [0.2, 0.25) is 0 Å². The van der Waals surface area contributed by atoms with Crippen LogP contribution in [0.5, 0.6) is 11.5 Å². The number of carbonyl (C=O) groups is 2. The Morgan fingerprint density at radius 2 is 1.88 bits per heavy atom. The average Bonchev–Trinajstić information content (AvgIpc) is 3.33. The number of hydrogen-bond acceptors (Lipinski definition) is 9. The van der Waals surface area contributed by atoms with Crippen LogP contribution in [0.3, 0.4) is 0 Å². The van der Waals surface area contributed by atoms with Gasteiger partial charge in [0.2, 0.25) is 10.0 Å². The highest BCUT2D eigenvalue weighted by Gasteiger charge is 2.29. The van der Waals surface area contributed by atoms with Gasteiger partial charge in [0.1, 0.15) is 17.1 Å². The van der Waals surface area contributed by atoms with Gasteiger partial charge in [-0.15, -0.1) is 0 Å². The van der Waals surface area contributed by atoms with E-state index < -0.39 is 44.7 Å². The first kappa shape index (κ1) is 23.9. The highest BCUT2D eigenvalue weighted by atomic mass is 32.2. The van der Waals surface area contributed by atoms with Crippen LogP contribution in [0, 0.1) is 10.1 Å². The monoisotopic (exact) mass is 479 g/mol. The molecular weight excluding hydrogens is 458 g/mol. The Morgan fingerprint density at radius 3 is 2.52 bits per heavy atom. The number of nitrogens with one attached hydrogen (secondary N) is 1. The maximum absolute atomic E-state index is 12.7. The molecule has 0 atom stereocenters. The number of esters is 1. The molecule has 2 aromatic carbocycles. The molecule has 33 heavy (non-hydrogen) atoms. The highest BCUT2D eigenvalue weighted by molar-refractivity contribution is 7.89. The van der Waals surface area contributed by atoms with E-state index in [2.05, 4.69) is 5.32 Å². The smallest absolute Gasteiger partial charge is 0.342 e. The Kier molecular flexibility index (Phi) is 7.13. The van der Waals surface area contributed by atoms with E-state index in [1.807, 2.05) is 0 Å². The van der Waals surface area contributed by atoms with Gasteiger partial charge in [0.25, 0.3) is 11.6 Å². The van der Waals surface area contributed by atoms with Crippen molar-refractivity contribution in [2.45, 2.75) is 17.7 Å². The Hall–Kier alpha value is -3.71. The molecule has 176 valence electrons. The van der Waals surface area contributed by atoms with Gasteiger partial charge < -0.3 is 19.9 Å². The van der Waals surface area contributed by atoms with Crippen LogP contribution in [0.4, 0.5) is 11.4 Å². The average molecular weight is 479 g/mol. The van der Waals surface area contributed by atoms with E-state index >= 15 is 0 Å². The van der Waals surface area contributed by atoms with Crippen LogP contribution >= 0.6 is 0 Å². The minimum Gasteiger partial charge on any atom is -0.507 e. The zero-order valence-corrected chi connectivity index (χ0v) is 18.3. The number of sulfonamides is 1. The van der Waals surface area contributed by atoms with Crippen molar-refractivity contribution in [1.29, 1.82) is 0 Å². The van der Waals surface area contributed by atoms with E-state index in [1.165, 1.54) is 29.6 Å². The van der Waals surface area contributed by atoms with Gasteiger partial charge >= 0.3 is 5.97 Å². The van der Waals surface area contributed by atoms with E-state index in [4.69, 9.17) is 9.47 Å². The molecular formula is C20H21N3O9S. The molecule has 3 rings (SSSR count). The molecule has 0 spiro atoms. The molecule has 1 amide bonds. The molecule has 13 heteroatoms. The van der Waals surface area contributed by atoms with Crippen molar-refractivity contribution in [3.8, 4) is 11.5 Å². The third-order valence-corrected chi connectivity index (χ3v) is 6.79. The van der Waals surface area contributed by atoms with Crippen molar-refractivity contribution >= 4 is 33.3 Å². The standard InChI is InChI=1S/C20H21N3O9S/c1-31-18-7-4-13(23(27)28)10-16(18)21-19(25)12-32-20(26)15-11-14(5-6-17(15)24)33(29,30)22-8-2-3-9-22/h4-7,10-11,24H,2-3,8-9,12H2,1H3,(H,21,25). The summed E-state index contributed by atoms with van der Waals surface area (Å²) >= 11 is 0. The molecule has 0 saturated carbocycles. The van der Waals surface area contributed by atoms with Gasteiger partial charge in [-0.1, -0.05) is 0 Å². The third-order valence-electron chi connectivity index (χ3n) is 4.89. The molecule has 1 aliphatic rings. The van der Waals surface area contributed by atoms with Gasteiger partial charge in [-0.05, 0) is 37.1 Å². The summed E-state index contributed by atoms with van der Waals surface area (Å²) in [6.45, 7) is -0.0677. The fraction of sp³-hybridized carbons (Fsp3) is 0.300. The second kappa shape index (κ2) is 9.83. The van der Waals surface area contributed by atoms with E-state index in [0.717, 1.165) is 31.0 Å². The second-order valence-electron chi connectivity index (χ2n) is 7.06. The van der Waals surface area contributed by atoms with Gasteiger partial charge in [0.05, 0.1) is 22.6 Å². The molecule has 1 aliphatic heterocycles. The number of carbonyl (C=O) groups excluding carboxylic acids is 2. The number of phenolic OH excluding ortho intramolecular Hbond substituents is 1. The number of rotatable bonds is 8. The normalized spacial score (nSPS) is 14.0. The van der Waals surface area contributed by atoms with Crippen LogP contribution < -0.4 is 10.1 Å². The summed E-state index contributed by atoms with van der Waals surface area (Å²) in [4.78, 5) is 34.7. The number of anilines is 1. The number of benzene rings is 2.